The van der Waals surface area contributed by atoms with Crippen LogP contribution in [0.25, 0.3) is 5.57 Å². The van der Waals surface area contributed by atoms with E-state index in [2.05, 4.69) is 29.3 Å². The molecule has 0 radical (unpaired) electrons. The van der Waals surface area contributed by atoms with Gasteiger partial charge in [0.2, 0.25) is 6.17 Å². The molecule has 0 heterocycles. The van der Waals surface area contributed by atoms with Crippen LogP contribution >= 0.6 is 12.6 Å². The Morgan fingerprint density at radius 1 is 0.949 bits per heavy atom. The van der Waals surface area contributed by atoms with Crippen molar-refractivity contribution < 1.29 is 23.9 Å². The van der Waals surface area contributed by atoms with Crippen LogP contribution in [-0.2, 0) is 11.3 Å². The molecule has 9 heteroatoms. The Hall–Kier alpha value is -4.11. The molecule has 1 aliphatic rings. The van der Waals surface area contributed by atoms with E-state index in [9.17, 15) is 18.8 Å². The zero-order valence-corrected chi connectivity index (χ0v) is 22.2. The average molecular weight is 548 g/mol. The molecule has 39 heavy (non-hydrogen) atoms. The molecule has 202 valence electrons. The number of allylic oxidation sites excluding steroid dienone is 2. The Kier molecular flexibility index (Phi) is 9.38. The van der Waals surface area contributed by atoms with Crippen LogP contribution in [0.1, 0.15) is 47.2 Å². The lowest BCUT2D eigenvalue weighted by Crippen LogP contribution is -2.35. The molecule has 7 nitrogen and oxygen atoms in total. The predicted molar refractivity (Wildman–Crippen MR) is 153 cm³/mol. The number of thiol groups is 1. The Morgan fingerprint density at radius 2 is 1.64 bits per heavy atom. The first-order valence-electron chi connectivity index (χ1n) is 12.7. The van der Waals surface area contributed by atoms with Crippen LogP contribution in [0.2, 0.25) is 0 Å². The van der Waals surface area contributed by atoms with Crippen LogP contribution in [-0.4, -0.2) is 35.7 Å². The van der Waals surface area contributed by atoms with E-state index >= 15 is 0 Å². The summed E-state index contributed by atoms with van der Waals surface area (Å²) in [6, 6.07) is 21.3. The fraction of sp³-hybridized carbons (Fsp3) is 0.233. The molecule has 1 aliphatic carbocycles. The van der Waals surface area contributed by atoms with Gasteiger partial charge >= 0.3 is 12.0 Å². The predicted octanol–water partition coefficient (Wildman–Crippen LogP) is 6.32. The number of nitrogens with one attached hydrogen (secondary N) is 2. The van der Waals surface area contributed by atoms with E-state index < -0.39 is 24.6 Å². The third-order valence-electron chi connectivity index (χ3n) is 6.47. The summed E-state index contributed by atoms with van der Waals surface area (Å²) in [5.41, 5.74) is 4.84. The second-order valence-electron chi connectivity index (χ2n) is 9.30. The maximum Gasteiger partial charge on any atom is 0.340 e. The lowest BCUT2D eigenvalue weighted by Gasteiger charge is -2.24. The second-order valence-corrected chi connectivity index (χ2v) is 9.81. The highest BCUT2D eigenvalue weighted by Crippen LogP contribution is 2.29. The zero-order valence-electron chi connectivity index (χ0n) is 21.3. The molecule has 0 saturated heterocycles. The molecule has 0 aliphatic heterocycles. The number of carboxylic acids is 1. The van der Waals surface area contributed by atoms with Crippen LogP contribution in [0, 0.1) is 0 Å². The lowest BCUT2D eigenvalue weighted by atomic mass is 9.93. The highest BCUT2D eigenvalue weighted by molar-refractivity contribution is 7.80. The summed E-state index contributed by atoms with van der Waals surface area (Å²) in [5, 5.41) is 13.8. The number of aliphatic carboxylic acids is 1. The van der Waals surface area contributed by atoms with E-state index in [1.165, 1.54) is 18.4 Å². The largest absolute Gasteiger partial charge is 0.479 e. The Balaban J connectivity index is 1.52. The molecular weight excluding hydrogens is 517 g/mol. The van der Waals surface area contributed by atoms with Crippen molar-refractivity contribution >= 4 is 47.5 Å². The monoisotopic (exact) mass is 547 g/mol. The maximum absolute atomic E-state index is 13.4. The Labute approximate surface area is 232 Å². The number of hydrogen-bond donors (Lipinski definition) is 4. The SMILES string of the molecule is O=C(NCC(F)C(=O)O)c1ccc(CN(C(=O)Nc2ccc(S)cc2)c2ccc(C3=CCCCC3)cc2)cc1. The molecule has 4 rings (SSSR count). The van der Waals surface area contributed by atoms with Crippen molar-refractivity contribution in [1.29, 1.82) is 0 Å². The molecular formula is C30H30FN3O4S. The number of anilines is 2. The quantitative estimate of drug-likeness (QED) is 0.236. The van der Waals surface area contributed by atoms with Crippen molar-refractivity contribution in [2.75, 3.05) is 16.8 Å². The van der Waals surface area contributed by atoms with Crippen LogP contribution in [0.15, 0.2) is 83.8 Å². The average Bonchev–Trinajstić information content (AvgIpc) is 2.96. The minimum atomic E-state index is -2.18. The van der Waals surface area contributed by atoms with Crippen LogP contribution in [0.5, 0.6) is 0 Å². The molecule has 3 aromatic carbocycles. The van der Waals surface area contributed by atoms with E-state index in [1.807, 2.05) is 24.3 Å². The number of carbonyl (C=O) groups is 3. The number of rotatable bonds is 9. The molecule has 3 aromatic rings. The summed E-state index contributed by atoms with van der Waals surface area (Å²) in [5.74, 6) is -2.21. The maximum atomic E-state index is 13.4. The van der Waals surface area contributed by atoms with Gasteiger partial charge < -0.3 is 15.7 Å². The van der Waals surface area contributed by atoms with Crippen LogP contribution < -0.4 is 15.5 Å². The van der Waals surface area contributed by atoms with Gasteiger partial charge in [-0.3, -0.25) is 9.69 Å². The van der Waals surface area contributed by atoms with Crippen molar-refractivity contribution in [3.8, 4) is 0 Å². The summed E-state index contributed by atoms with van der Waals surface area (Å²) >= 11 is 4.29. The molecule has 1 unspecified atom stereocenters. The minimum absolute atomic E-state index is 0.228. The second kappa shape index (κ2) is 13.1. The first kappa shape index (κ1) is 27.9. The summed E-state index contributed by atoms with van der Waals surface area (Å²) in [7, 11) is 0. The number of carbonyl (C=O) groups excluding carboxylic acids is 2. The first-order valence-corrected chi connectivity index (χ1v) is 13.2. The van der Waals surface area contributed by atoms with Crippen LogP contribution in [0.3, 0.4) is 0 Å². The van der Waals surface area contributed by atoms with E-state index in [0.717, 1.165) is 28.9 Å². The number of hydrogen-bond acceptors (Lipinski definition) is 4. The number of halogens is 1. The van der Waals surface area contributed by atoms with Gasteiger partial charge in [0, 0.05) is 21.8 Å². The van der Waals surface area contributed by atoms with Crippen LogP contribution in [0.4, 0.5) is 20.6 Å². The van der Waals surface area contributed by atoms with Crippen molar-refractivity contribution in [2.24, 2.45) is 0 Å². The van der Waals surface area contributed by atoms with Gasteiger partial charge in [0.25, 0.3) is 5.91 Å². The number of benzene rings is 3. The summed E-state index contributed by atoms with van der Waals surface area (Å²) in [6.07, 6.45) is 4.62. The molecule has 0 fully saturated rings. The van der Waals surface area contributed by atoms with Gasteiger partial charge in [-0.2, -0.15) is 0 Å². The van der Waals surface area contributed by atoms with Gasteiger partial charge in [-0.25, -0.2) is 14.0 Å². The summed E-state index contributed by atoms with van der Waals surface area (Å²) in [4.78, 5) is 38.7. The van der Waals surface area contributed by atoms with Crippen molar-refractivity contribution in [3.05, 3.63) is 95.6 Å². The molecule has 1 atom stereocenters. The van der Waals surface area contributed by atoms with Gasteiger partial charge in [-0.1, -0.05) is 30.3 Å². The Bertz CT molecular complexity index is 1340. The number of amides is 3. The standard InChI is InChI=1S/C30H30FN3O4S/c31-27(29(36)37)18-32-28(35)23-8-6-20(7-9-23)19-34(30(38)33-24-12-16-26(39)17-13-24)25-14-10-22(11-15-25)21-4-2-1-3-5-21/h4,6-17,27,39H,1-3,5,18-19H2,(H,32,35)(H,33,38)(H,36,37). The smallest absolute Gasteiger partial charge is 0.340 e. The lowest BCUT2D eigenvalue weighted by molar-refractivity contribution is -0.142. The topological polar surface area (TPSA) is 98.7 Å². The fourth-order valence-corrected chi connectivity index (χ4v) is 4.44. The van der Waals surface area contributed by atoms with E-state index in [0.29, 0.717) is 11.4 Å². The van der Waals surface area contributed by atoms with E-state index in [1.54, 1.807) is 53.4 Å². The van der Waals surface area contributed by atoms with Crippen molar-refractivity contribution in [3.63, 3.8) is 0 Å². The highest BCUT2D eigenvalue weighted by Gasteiger charge is 2.19. The molecule has 0 spiro atoms. The zero-order chi connectivity index (χ0) is 27.8. The Morgan fingerprint density at radius 3 is 2.26 bits per heavy atom. The number of urea groups is 1. The van der Waals surface area contributed by atoms with E-state index in [4.69, 9.17) is 5.11 Å². The molecule has 3 N–H and O–H groups in total. The first-order chi connectivity index (χ1) is 18.8. The molecule has 0 aromatic heterocycles. The van der Waals surface area contributed by atoms with Gasteiger partial charge in [0.1, 0.15) is 0 Å². The van der Waals surface area contributed by atoms with Gasteiger partial charge in [-0.05, 0) is 90.9 Å². The normalized spacial score (nSPS) is 13.6. The molecule has 0 bridgehead atoms. The van der Waals surface area contributed by atoms with Gasteiger partial charge in [0.05, 0.1) is 13.1 Å². The van der Waals surface area contributed by atoms with Gasteiger partial charge in [0.15, 0.2) is 0 Å². The highest BCUT2D eigenvalue weighted by atomic mass is 32.1. The number of nitrogens with zero attached hydrogens (tertiary/aromatic N) is 1. The molecule has 3 amide bonds. The van der Waals surface area contributed by atoms with Crippen molar-refractivity contribution in [1.82, 2.24) is 5.32 Å². The van der Waals surface area contributed by atoms with Gasteiger partial charge in [-0.15, -0.1) is 12.6 Å². The fourth-order valence-electron chi connectivity index (χ4n) is 4.29. The summed E-state index contributed by atoms with van der Waals surface area (Å²) in [6.45, 7) is -0.392. The third-order valence-corrected chi connectivity index (χ3v) is 6.77. The van der Waals surface area contributed by atoms with Crippen molar-refractivity contribution in [2.45, 2.75) is 43.3 Å². The number of carboxylic acid groups (broad SMARTS) is 1. The third kappa shape index (κ3) is 7.70. The van der Waals surface area contributed by atoms with E-state index in [-0.39, 0.29) is 18.1 Å². The molecule has 0 saturated carbocycles. The summed E-state index contributed by atoms with van der Waals surface area (Å²) < 4.78 is 13.3. The minimum Gasteiger partial charge on any atom is -0.479 e. The number of alkyl halides is 1.